The minimum atomic E-state index is -0.131. The number of hydrogen-bond donors (Lipinski definition) is 1. The van der Waals surface area contributed by atoms with E-state index in [1.807, 2.05) is 0 Å². The molecular weight excluding hydrogens is 243 g/mol. The van der Waals surface area contributed by atoms with E-state index in [9.17, 15) is 9.59 Å². The van der Waals surface area contributed by atoms with Gasteiger partial charge in [0, 0.05) is 38.6 Å². The van der Waals surface area contributed by atoms with Crippen LogP contribution >= 0.6 is 0 Å². The maximum Gasteiger partial charge on any atom is 0.220 e. The van der Waals surface area contributed by atoms with Crippen LogP contribution in [-0.2, 0) is 42.3 Å². The van der Waals surface area contributed by atoms with E-state index in [1.165, 1.54) is 0 Å². The van der Waals surface area contributed by atoms with Gasteiger partial charge in [0.25, 0.3) is 0 Å². The van der Waals surface area contributed by atoms with Crippen molar-refractivity contribution < 1.29 is 42.3 Å². The van der Waals surface area contributed by atoms with E-state index in [-0.39, 0.29) is 58.5 Å². The molecule has 13 heavy (non-hydrogen) atoms. The van der Waals surface area contributed by atoms with Crippen LogP contribution in [0.4, 0.5) is 0 Å². The summed E-state index contributed by atoms with van der Waals surface area (Å²) in [6, 6.07) is 0. The Kier molecular flexibility index (Phi) is 17.2. The van der Waals surface area contributed by atoms with Gasteiger partial charge in [-0.1, -0.05) is 19.5 Å². The molecule has 73 valence electrons. The molecule has 0 aliphatic carbocycles. The molecule has 0 bridgehead atoms. The number of carbonyl (C=O) groups excluding carboxylic acids is 2. The summed E-state index contributed by atoms with van der Waals surface area (Å²) < 4.78 is 0. The maximum absolute atomic E-state index is 11.0. The van der Waals surface area contributed by atoms with Crippen molar-refractivity contribution >= 4 is 12.2 Å². The van der Waals surface area contributed by atoms with Crippen molar-refractivity contribution in [3.63, 3.8) is 0 Å². The number of nitrogens with one attached hydrogen (secondary N) is 1. The molecule has 1 unspecified atom stereocenters. The van der Waals surface area contributed by atoms with Crippen LogP contribution in [0, 0.1) is 13.3 Å². The van der Waals surface area contributed by atoms with Crippen LogP contribution in [-0.4, -0.2) is 18.7 Å². The maximum atomic E-state index is 11.0. The zero-order valence-corrected chi connectivity index (χ0v) is 11.0. The predicted octanol–water partition coefficient (Wildman–Crippen LogP) is 0.872. The van der Waals surface area contributed by atoms with E-state index in [4.69, 9.17) is 0 Å². The summed E-state index contributed by atoms with van der Waals surface area (Å²) in [5.74, 6) is -0.242. The third-order valence-electron chi connectivity index (χ3n) is 1.30. The minimum absolute atomic E-state index is 0. The Labute approximate surface area is 105 Å². The van der Waals surface area contributed by atoms with Crippen molar-refractivity contribution in [2.24, 2.45) is 5.92 Å². The average Bonchev–Trinajstić information content (AvgIpc) is 2.00. The SMILES string of the molecule is C=CCC(C)C(=O)NC[C-]=O.[CH3-].[Y]. The average molecular weight is 258 g/mol. The first-order valence-electron chi connectivity index (χ1n) is 3.46. The van der Waals surface area contributed by atoms with Crippen LogP contribution in [0.5, 0.6) is 0 Å². The Bertz CT molecular complexity index is 160. The van der Waals surface area contributed by atoms with E-state index in [0.29, 0.717) is 6.42 Å². The molecule has 0 aliphatic rings. The van der Waals surface area contributed by atoms with Crippen molar-refractivity contribution in [2.75, 3.05) is 6.54 Å². The van der Waals surface area contributed by atoms with Crippen LogP contribution in [0.1, 0.15) is 13.3 Å². The summed E-state index contributed by atoms with van der Waals surface area (Å²) in [4.78, 5) is 20.7. The number of rotatable bonds is 5. The smallest absolute Gasteiger partial charge is 0.220 e. The van der Waals surface area contributed by atoms with E-state index in [0.717, 1.165) is 0 Å². The van der Waals surface area contributed by atoms with Crippen LogP contribution in [0.2, 0.25) is 0 Å². The second-order valence-corrected chi connectivity index (χ2v) is 2.29. The molecule has 1 radical (unpaired) electrons. The number of hydrogen-bond acceptors (Lipinski definition) is 2. The molecule has 0 aliphatic heterocycles. The Balaban J connectivity index is -0.000000500. The van der Waals surface area contributed by atoms with Gasteiger partial charge in [-0.2, -0.15) is 0 Å². The van der Waals surface area contributed by atoms with Crippen molar-refractivity contribution in [1.29, 1.82) is 0 Å². The van der Waals surface area contributed by atoms with Crippen LogP contribution in [0.25, 0.3) is 0 Å². The molecule has 0 aromatic carbocycles. The second kappa shape index (κ2) is 12.0. The quantitative estimate of drug-likeness (QED) is 0.587. The fourth-order valence-corrected chi connectivity index (χ4v) is 0.654. The molecule has 3 nitrogen and oxygen atoms in total. The summed E-state index contributed by atoms with van der Waals surface area (Å²) in [6.45, 7) is 5.26. The van der Waals surface area contributed by atoms with E-state index in [2.05, 4.69) is 11.9 Å². The van der Waals surface area contributed by atoms with Gasteiger partial charge in [0.05, 0.1) is 0 Å². The molecule has 1 amide bonds. The zero-order chi connectivity index (χ0) is 8.69. The monoisotopic (exact) mass is 258 g/mol. The fraction of sp³-hybridized carbons (Fsp3) is 0.444. The Morgan fingerprint density at radius 2 is 2.23 bits per heavy atom. The van der Waals surface area contributed by atoms with Gasteiger partial charge in [-0.25, -0.2) is 6.29 Å². The summed E-state index contributed by atoms with van der Waals surface area (Å²) in [6.07, 6.45) is 3.89. The van der Waals surface area contributed by atoms with Crippen molar-refractivity contribution in [3.8, 4) is 0 Å². The van der Waals surface area contributed by atoms with Crippen LogP contribution < -0.4 is 5.32 Å². The number of allylic oxidation sites excluding steroid dienone is 1. The topological polar surface area (TPSA) is 46.2 Å². The van der Waals surface area contributed by atoms with Gasteiger partial charge < -0.3 is 17.5 Å². The largest absolute Gasteiger partial charge is 0.540 e. The normalized spacial score (nSPS) is 9.92. The summed E-state index contributed by atoms with van der Waals surface area (Å²) in [5, 5.41) is 2.41. The van der Waals surface area contributed by atoms with Gasteiger partial charge in [-0.3, -0.25) is 4.79 Å². The zero-order valence-electron chi connectivity index (χ0n) is 8.17. The van der Waals surface area contributed by atoms with E-state index >= 15 is 0 Å². The molecule has 0 spiro atoms. The van der Waals surface area contributed by atoms with E-state index < -0.39 is 0 Å². The van der Waals surface area contributed by atoms with Crippen molar-refractivity contribution in [1.82, 2.24) is 5.32 Å². The summed E-state index contributed by atoms with van der Waals surface area (Å²) in [5.41, 5.74) is 0. The molecule has 0 rings (SSSR count). The third-order valence-corrected chi connectivity index (χ3v) is 1.30. The summed E-state index contributed by atoms with van der Waals surface area (Å²) >= 11 is 0. The standard InChI is InChI=1S/C8H12NO2.CH3.Y/c1-3-4-7(2)8(11)9-5-6-10;;/h3,7H,1,4-5H2,2H3,(H,9,11);1H3;/q2*-1;. The Hall–Kier alpha value is -0.0161. The van der Waals surface area contributed by atoms with Crippen LogP contribution in [0.15, 0.2) is 12.7 Å². The first kappa shape index (κ1) is 18.7. The predicted molar refractivity (Wildman–Crippen MR) is 49.1 cm³/mol. The van der Waals surface area contributed by atoms with E-state index in [1.54, 1.807) is 19.3 Å². The molecule has 0 saturated carbocycles. The molecule has 4 heteroatoms. The van der Waals surface area contributed by atoms with Gasteiger partial charge in [0.15, 0.2) is 0 Å². The molecular formula is C9H15NO2Y-2. The van der Waals surface area contributed by atoms with Crippen molar-refractivity contribution in [2.45, 2.75) is 13.3 Å². The van der Waals surface area contributed by atoms with Gasteiger partial charge in [0.2, 0.25) is 5.91 Å². The first-order chi connectivity index (χ1) is 5.22. The van der Waals surface area contributed by atoms with Crippen molar-refractivity contribution in [3.05, 3.63) is 20.1 Å². The van der Waals surface area contributed by atoms with Gasteiger partial charge in [-0.05, 0) is 6.42 Å². The third kappa shape index (κ3) is 9.90. The molecule has 0 heterocycles. The van der Waals surface area contributed by atoms with Crippen LogP contribution in [0.3, 0.4) is 0 Å². The summed E-state index contributed by atoms with van der Waals surface area (Å²) in [7, 11) is 0. The minimum Gasteiger partial charge on any atom is -0.540 e. The second-order valence-electron chi connectivity index (χ2n) is 2.29. The molecule has 0 aromatic heterocycles. The Morgan fingerprint density at radius 1 is 1.69 bits per heavy atom. The van der Waals surface area contributed by atoms with Gasteiger partial charge in [0.1, 0.15) is 0 Å². The molecule has 0 saturated heterocycles. The molecule has 0 aromatic rings. The van der Waals surface area contributed by atoms with Gasteiger partial charge >= 0.3 is 0 Å². The first-order valence-corrected chi connectivity index (χ1v) is 3.46. The molecule has 1 atom stereocenters. The number of carbonyl (C=O) groups is 1. The fourth-order valence-electron chi connectivity index (χ4n) is 0.654. The number of amides is 1. The Morgan fingerprint density at radius 3 is 2.62 bits per heavy atom. The molecule has 1 N–H and O–H groups in total. The molecule has 0 fully saturated rings. The van der Waals surface area contributed by atoms with Gasteiger partial charge in [-0.15, -0.1) is 6.58 Å².